The summed E-state index contributed by atoms with van der Waals surface area (Å²) in [5.74, 6) is -1.36. The minimum Gasteiger partial charge on any atom is -0.481 e. The van der Waals surface area contributed by atoms with Crippen molar-refractivity contribution in [2.24, 2.45) is 5.41 Å². The molecule has 0 unspecified atom stereocenters. The van der Waals surface area contributed by atoms with Crippen LogP contribution in [0, 0.1) is 5.41 Å². The zero-order valence-corrected chi connectivity index (χ0v) is 14.9. The molecule has 1 saturated carbocycles. The number of carboxylic acid groups (broad SMARTS) is 1. The van der Waals surface area contributed by atoms with E-state index < -0.39 is 11.4 Å². The molecule has 1 fully saturated rings. The zero-order valence-electron chi connectivity index (χ0n) is 14.9. The van der Waals surface area contributed by atoms with Crippen molar-refractivity contribution in [1.29, 1.82) is 0 Å². The average molecular weight is 346 g/mol. The molecule has 136 valence electrons. The van der Waals surface area contributed by atoms with Crippen molar-refractivity contribution in [3.63, 3.8) is 0 Å². The molecule has 0 saturated heterocycles. The van der Waals surface area contributed by atoms with Gasteiger partial charge in [-0.2, -0.15) is 0 Å². The van der Waals surface area contributed by atoms with Crippen LogP contribution in [0.3, 0.4) is 0 Å². The maximum absolute atomic E-state index is 12.4. The van der Waals surface area contributed by atoms with E-state index in [1.807, 2.05) is 0 Å². The van der Waals surface area contributed by atoms with E-state index in [0.29, 0.717) is 24.1 Å². The predicted octanol–water partition coefficient (Wildman–Crippen LogP) is 3.14. The SMILES string of the molecule is CN(C)C(=O)c1cccc(NC(=O)CC2(C(=O)O)CCCCCC2)c1. The largest absolute Gasteiger partial charge is 0.481 e. The summed E-state index contributed by atoms with van der Waals surface area (Å²) in [5.41, 5.74) is 0.00885. The third kappa shape index (κ3) is 4.81. The van der Waals surface area contributed by atoms with Crippen LogP contribution in [-0.4, -0.2) is 41.9 Å². The highest BCUT2D eigenvalue weighted by Crippen LogP contribution is 2.38. The molecular formula is C19H26N2O4. The van der Waals surface area contributed by atoms with E-state index >= 15 is 0 Å². The number of benzene rings is 1. The van der Waals surface area contributed by atoms with Gasteiger partial charge in [-0.1, -0.05) is 31.7 Å². The number of hydrogen-bond acceptors (Lipinski definition) is 3. The molecule has 2 rings (SSSR count). The van der Waals surface area contributed by atoms with E-state index in [1.165, 1.54) is 4.90 Å². The Morgan fingerprint density at radius 3 is 2.32 bits per heavy atom. The third-order valence-corrected chi connectivity index (χ3v) is 4.81. The van der Waals surface area contributed by atoms with E-state index in [2.05, 4.69) is 5.32 Å². The Morgan fingerprint density at radius 1 is 1.12 bits per heavy atom. The molecule has 1 aromatic rings. The van der Waals surface area contributed by atoms with Gasteiger partial charge in [0.1, 0.15) is 0 Å². The van der Waals surface area contributed by atoms with E-state index in [4.69, 9.17) is 0 Å². The number of nitrogens with one attached hydrogen (secondary N) is 1. The summed E-state index contributed by atoms with van der Waals surface area (Å²) in [6, 6.07) is 6.69. The number of carbonyl (C=O) groups excluding carboxylic acids is 2. The fraction of sp³-hybridized carbons (Fsp3) is 0.526. The van der Waals surface area contributed by atoms with Crippen LogP contribution in [0.4, 0.5) is 5.69 Å². The van der Waals surface area contributed by atoms with E-state index in [1.54, 1.807) is 38.4 Å². The first-order chi connectivity index (χ1) is 11.8. The number of nitrogens with zero attached hydrogens (tertiary/aromatic N) is 1. The predicted molar refractivity (Wildman–Crippen MR) is 95.5 cm³/mol. The van der Waals surface area contributed by atoms with Crippen molar-refractivity contribution < 1.29 is 19.5 Å². The van der Waals surface area contributed by atoms with Gasteiger partial charge >= 0.3 is 5.97 Å². The summed E-state index contributed by atoms with van der Waals surface area (Å²) in [6.45, 7) is 0. The van der Waals surface area contributed by atoms with E-state index in [9.17, 15) is 19.5 Å². The van der Waals surface area contributed by atoms with Crippen molar-refractivity contribution >= 4 is 23.5 Å². The summed E-state index contributed by atoms with van der Waals surface area (Å²) < 4.78 is 0. The maximum Gasteiger partial charge on any atom is 0.310 e. The Hall–Kier alpha value is -2.37. The smallest absolute Gasteiger partial charge is 0.310 e. The fourth-order valence-electron chi connectivity index (χ4n) is 3.37. The van der Waals surface area contributed by atoms with Crippen molar-refractivity contribution in [3.05, 3.63) is 29.8 Å². The summed E-state index contributed by atoms with van der Waals surface area (Å²) in [5, 5.41) is 12.4. The van der Waals surface area contributed by atoms with Gasteiger partial charge in [0.05, 0.1) is 5.41 Å². The van der Waals surface area contributed by atoms with Gasteiger partial charge in [0.2, 0.25) is 5.91 Å². The van der Waals surface area contributed by atoms with Gasteiger partial charge in [-0.15, -0.1) is 0 Å². The van der Waals surface area contributed by atoms with E-state index in [0.717, 1.165) is 25.7 Å². The molecule has 0 aromatic heterocycles. The van der Waals surface area contributed by atoms with Crippen LogP contribution in [0.25, 0.3) is 0 Å². The second kappa shape index (κ2) is 8.14. The maximum atomic E-state index is 12.4. The molecule has 6 nitrogen and oxygen atoms in total. The highest BCUT2D eigenvalue weighted by Gasteiger charge is 2.40. The quantitative estimate of drug-likeness (QED) is 0.802. The highest BCUT2D eigenvalue weighted by atomic mass is 16.4. The van der Waals surface area contributed by atoms with Crippen molar-refractivity contribution in [2.45, 2.75) is 44.9 Å². The van der Waals surface area contributed by atoms with Crippen LogP contribution >= 0.6 is 0 Å². The van der Waals surface area contributed by atoms with Crippen molar-refractivity contribution in [2.75, 3.05) is 19.4 Å². The molecule has 0 spiro atoms. The minimum atomic E-state index is -0.975. The van der Waals surface area contributed by atoms with Gasteiger partial charge in [0.25, 0.3) is 5.91 Å². The molecule has 0 heterocycles. The monoisotopic (exact) mass is 346 g/mol. The Bertz CT molecular complexity index is 647. The average Bonchev–Trinajstić information content (AvgIpc) is 2.80. The lowest BCUT2D eigenvalue weighted by Crippen LogP contribution is -2.35. The molecule has 2 amide bonds. The number of carboxylic acids is 1. The lowest BCUT2D eigenvalue weighted by atomic mass is 9.77. The molecule has 0 bridgehead atoms. The summed E-state index contributed by atoms with van der Waals surface area (Å²) in [7, 11) is 3.33. The first-order valence-corrected chi connectivity index (χ1v) is 8.69. The second-order valence-corrected chi connectivity index (χ2v) is 7.01. The fourth-order valence-corrected chi connectivity index (χ4v) is 3.37. The van der Waals surface area contributed by atoms with Crippen molar-refractivity contribution in [1.82, 2.24) is 4.90 Å². The van der Waals surface area contributed by atoms with Gasteiger partial charge in [-0.3, -0.25) is 14.4 Å². The van der Waals surface area contributed by atoms with Gasteiger partial charge in [0.15, 0.2) is 0 Å². The first-order valence-electron chi connectivity index (χ1n) is 8.69. The Balaban J connectivity index is 2.09. The topological polar surface area (TPSA) is 86.7 Å². The molecule has 6 heteroatoms. The van der Waals surface area contributed by atoms with E-state index in [-0.39, 0.29) is 18.2 Å². The van der Waals surface area contributed by atoms with Gasteiger partial charge < -0.3 is 15.3 Å². The molecule has 1 aliphatic carbocycles. The standard InChI is InChI=1S/C19H26N2O4/c1-21(2)17(23)14-8-7-9-15(12-14)20-16(22)13-19(18(24)25)10-5-3-4-6-11-19/h7-9,12H,3-6,10-11,13H2,1-2H3,(H,20,22)(H,24,25). The lowest BCUT2D eigenvalue weighted by Gasteiger charge is -2.27. The minimum absolute atomic E-state index is 0.0335. The highest BCUT2D eigenvalue weighted by molar-refractivity contribution is 5.98. The van der Waals surface area contributed by atoms with Crippen LogP contribution in [0.2, 0.25) is 0 Å². The van der Waals surface area contributed by atoms with Gasteiger partial charge in [-0.25, -0.2) is 0 Å². The first kappa shape index (κ1) is 19.0. The molecule has 0 aliphatic heterocycles. The Labute approximate surface area is 148 Å². The van der Waals surface area contributed by atoms with Crippen molar-refractivity contribution in [3.8, 4) is 0 Å². The Morgan fingerprint density at radius 2 is 1.76 bits per heavy atom. The summed E-state index contributed by atoms with van der Waals surface area (Å²) in [4.78, 5) is 37.7. The zero-order chi connectivity index (χ0) is 18.4. The normalized spacial score (nSPS) is 16.6. The molecule has 1 aliphatic rings. The molecule has 0 radical (unpaired) electrons. The molecule has 25 heavy (non-hydrogen) atoms. The number of amides is 2. The van der Waals surface area contributed by atoms with Crippen LogP contribution in [0.5, 0.6) is 0 Å². The summed E-state index contributed by atoms with van der Waals surface area (Å²) in [6.07, 6.45) is 4.76. The van der Waals surface area contributed by atoms with Crippen LogP contribution in [-0.2, 0) is 9.59 Å². The number of hydrogen-bond donors (Lipinski definition) is 2. The third-order valence-electron chi connectivity index (χ3n) is 4.81. The second-order valence-electron chi connectivity index (χ2n) is 7.01. The number of rotatable bonds is 5. The van der Waals surface area contributed by atoms with Gasteiger partial charge in [0, 0.05) is 31.8 Å². The molecule has 1 aromatic carbocycles. The number of aliphatic carboxylic acids is 1. The lowest BCUT2D eigenvalue weighted by molar-refractivity contribution is -0.152. The van der Waals surface area contributed by atoms with Crippen LogP contribution < -0.4 is 5.32 Å². The number of anilines is 1. The van der Waals surface area contributed by atoms with Crippen LogP contribution in [0.15, 0.2) is 24.3 Å². The molecule has 2 N–H and O–H groups in total. The molecule has 0 atom stereocenters. The summed E-state index contributed by atoms with van der Waals surface area (Å²) >= 11 is 0. The van der Waals surface area contributed by atoms with Crippen LogP contribution in [0.1, 0.15) is 55.3 Å². The Kier molecular flexibility index (Phi) is 6.17. The van der Waals surface area contributed by atoms with Gasteiger partial charge in [-0.05, 0) is 31.0 Å². The number of carbonyl (C=O) groups is 3. The molecular weight excluding hydrogens is 320 g/mol.